The maximum Gasteiger partial charge on any atom is 0.246 e. The van der Waals surface area contributed by atoms with Crippen LogP contribution in [0.4, 0.5) is 5.69 Å². The molecule has 1 atom stereocenters. The molecular formula is C25H25ClN2O3. The van der Waals surface area contributed by atoms with Gasteiger partial charge in [-0.25, -0.2) is 0 Å². The summed E-state index contributed by atoms with van der Waals surface area (Å²) in [5.41, 5.74) is 3.70. The highest BCUT2D eigenvalue weighted by atomic mass is 35.5. The summed E-state index contributed by atoms with van der Waals surface area (Å²) in [5.74, 6) is 1.09. The lowest BCUT2D eigenvalue weighted by atomic mass is 10.1. The number of fused-ring (bicyclic) bond motifs is 1. The number of rotatable bonds is 6. The number of aryl methyl sites for hydroxylation is 1. The lowest BCUT2D eigenvalue weighted by molar-refractivity contribution is -0.118. The Kier molecular flexibility index (Phi) is 6.75. The summed E-state index contributed by atoms with van der Waals surface area (Å²) in [5, 5.41) is 6.88. The minimum atomic E-state index is -0.530. The second-order valence-corrected chi connectivity index (χ2v) is 7.94. The molecule has 3 aromatic carbocycles. The van der Waals surface area contributed by atoms with Gasteiger partial charge in [0.25, 0.3) is 0 Å². The normalized spacial score (nSPS) is 13.9. The molecule has 6 heteroatoms. The molecule has 0 saturated carbocycles. The highest BCUT2D eigenvalue weighted by molar-refractivity contribution is 6.32. The molecule has 0 aromatic heterocycles. The first-order valence-electron chi connectivity index (χ1n) is 10.3. The number of carbonyl (C=O) groups excluding carboxylic acids is 1. The fourth-order valence-electron chi connectivity index (χ4n) is 3.46. The van der Waals surface area contributed by atoms with Crippen molar-refractivity contribution in [3.8, 4) is 11.5 Å². The van der Waals surface area contributed by atoms with Crippen LogP contribution in [0.5, 0.6) is 11.5 Å². The summed E-state index contributed by atoms with van der Waals surface area (Å²) in [6.07, 6.45) is 0.813. The van der Waals surface area contributed by atoms with Crippen LogP contribution in [0, 0.1) is 6.92 Å². The van der Waals surface area contributed by atoms with Crippen LogP contribution in [-0.2, 0) is 11.3 Å². The zero-order valence-corrected chi connectivity index (χ0v) is 18.1. The van der Waals surface area contributed by atoms with E-state index in [2.05, 4.69) is 10.6 Å². The van der Waals surface area contributed by atoms with E-state index in [1.54, 1.807) is 0 Å². The van der Waals surface area contributed by atoms with Crippen LogP contribution in [-0.4, -0.2) is 19.1 Å². The van der Waals surface area contributed by atoms with Gasteiger partial charge >= 0.3 is 0 Å². The third-order valence-electron chi connectivity index (χ3n) is 5.09. The molecule has 0 bridgehead atoms. The van der Waals surface area contributed by atoms with Gasteiger partial charge < -0.3 is 14.8 Å². The molecule has 2 N–H and O–H groups in total. The summed E-state index contributed by atoms with van der Waals surface area (Å²) in [7, 11) is 0. The summed E-state index contributed by atoms with van der Waals surface area (Å²) in [6, 6.07) is 20.6. The average Bonchev–Trinajstić information content (AvgIpc) is 3.02. The third-order valence-corrected chi connectivity index (χ3v) is 5.37. The SMILES string of the molecule is Cc1ccc(NC(=O)[C@@H](NCc2cc(Cl)c3c(c2)OCCCO3)c2ccccc2)cc1. The monoisotopic (exact) mass is 436 g/mol. The molecule has 160 valence electrons. The van der Waals surface area contributed by atoms with Crippen LogP contribution in [0.2, 0.25) is 5.02 Å². The van der Waals surface area contributed by atoms with Crippen LogP contribution in [0.3, 0.4) is 0 Å². The van der Waals surface area contributed by atoms with Gasteiger partial charge in [-0.05, 0) is 42.3 Å². The van der Waals surface area contributed by atoms with Crippen LogP contribution in [0.1, 0.15) is 29.2 Å². The van der Waals surface area contributed by atoms with E-state index in [0.29, 0.717) is 36.3 Å². The highest BCUT2D eigenvalue weighted by Gasteiger charge is 2.21. The van der Waals surface area contributed by atoms with E-state index in [0.717, 1.165) is 28.8 Å². The molecule has 0 aliphatic carbocycles. The number of hydrogen-bond donors (Lipinski definition) is 2. The van der Waals surface area contributed by atoms with Gasteiger partial charge in [0, 0.05) is 18.7 Å². The van der Waals surface area contributed by atoms with Crippen molar-refractivity contribution in [3.63, 3.8) is 0 Å². The van der Waals surface area contributed by atoms with E-state index in [-0.39, 0.29) is 5.91 Å². The summed E-state index contributed by atoms with van der Waals surface area (Å²) in [6.45, 7) is 3.63. The Morgan fingerprint density at radius 1 is 1.03 bits per heavy atom. The van der Waals surface area contributed by atoms with Crippen LogP contribution < -0.4 is 20.1 Å². The van der Waals surface area contributed by atoms with Gasteiger partial charge in [-0.3, -0.25) is 10.1 Å². The minimum Gasteiger partial charge on any atom is -0.489 e. The Morgan fingerprint density at radius 2 is 1.77 bits per heavy atom. The first kappa shape index (κ1) is 21.2. The van der Waals surface area contributed by atoms with Crippen molar-refractivity contribution in [2.75, 3.05) is 18.5 Å². The third kappa shape index (κ3) is 5.37. The number of carbonyl (C=O) groups is 1. The number of benzene rings is 3. The minimum absolute atomic E-state index is 0.129. The fourth-order valence-corrected chi connectivity index (χ4v) is 3.75. The summed E-state index contributed by atoms with van der Waals surface area (Å²) >= 11 is 6.42. The van der Waals surface area contributed by atoms with Gasteiger partial charge in [-0.2, -0.15) is 0 Å². The van der Waals surface area contributed by atoms with Gasteiger partial charge in [-0.15, -0.1) is 0 Å². The van der Waals surface area contributed by atoms with Crippen molar-refractivity contribution in [3.05, 3.63) is 88.4 Å². The molecule has 1 amide bonds. The molecule has 1 heterocycles. The highest BCUT2D eigenvalue weighted by Crippen LogP contribution is 2.38. The van der Waals surface area contributed by atoms with Crippen molar-refractivity contribution in [2.24, 2.45) is 0 Å². The van der Waals surface area contributed by atoms with E-state index >= 15 is 0 Å². The van der Waals surface area contributed by atoms with Crippen molar-refractivity contribution in [1.82, 2.24) is 5.32 Å². The van der Waals surface area contributed by atoms with Gasteiger partial charge in [0.05, 0.1) is 18.2 Å². The van der Waals surface area contributed by atoms with Crippen LogP contribution >= 0.6 is 11.6 Å². The number of hydrogen-bond acceptors (Lipinski definition) is 4. The van der Waals surface area contributed by atoms with E-state index in [1.165, 1.54) is 0 Å². The second kappa shape index (κ2) is 9.86. The average molecular weight is 437 g/mol. The lowest BCUT2D eigenvalue weighted by Gasteiger charge is -2.20. The predicted octanol–water partition coefficient (Wildman–Crippen LogP) is 5.28. The van der Waals surface area contributed by atoms with Crippen molar-refractivity contribution >= 4 is 23.2 Å². The number of halogens is 1. The molecule has 3 aromatic rings. The number of amides is 1. The lowest BCUT2D eigenvalue weighted by Crippen LogP contribution is -2.32. The molecular weight excluding hydrogens is 412 g/mol. The predicted molar refractivity (Wildman–Crippen MR) is 123 cm³/mol. The Balaban J connectivity index is 1.53. The maximum atomic E-state index is 13.1. The van der Waals surface area contributed by atoms with Gasteiger partial charge in [0.15, 0.2) is 11.5 Å². The molecule has 5 nitrogen and oxygen atoms in total. The zero-order chi connectivity index (χ0) is 21.6. The number of anilines is 1. The van der Waals surface area contributed by atoms with Crippen LogP contribution in [0.25, 0.3) is 0 Å². The van der Waals surface area contributed by atoms with Gasteiger partial charge in [0.2, 0.25) is 5.91 Å². The van der Waals surface area contributed by atoms with Crippen molar-refractivity contribution in [2.45, 2.75) is 25.9 Å². The van der Waals surface area contributed by atoms with E-state index in [1.807, 2.05) is 73.7 Å². The van der Waals surface area contributed by atoms with Crippen LogP contribution in [0.15, 0.2) is 66.7 Å². The first-order valence-corrected chi connectivity index (χ1v) is 10.7. The first-order chi connectivity index (χ1) is 15.1. The maximum absolute atomic E-state index is 13.1. The summed E-state index contributed by atoms with van der Waals surface area (Å²) < 4.78 is 11.5. The van der Waals surface area contributed by atoms with E-state index in [4.69, 9.17) is 21.1 Å². The number of nitrogens with one attached hydrogen (secondary N) is 2. The molecule has 4 rings (SSSR count). The quantitative estimate of drug-likeness (QED) is 0.552. The Morgan fingerprint density at radius 3 is 2.55 bits per heavy atom. The Bertz CT molecular complexity index is 1040. The molecule has 0 saturated heterocycles. The zero-order valence-electron chi connectivity index (χ0n) is 17.4. The largest absolute Gasteiger partial charge is 0.489 e. The topological polar surface area (TPSA) is 59.6 Å². The van der Waals surface area contributed by atoms with E-state index in [9.17, 15) is 4.79 Å². The van der Waals surface area contributed by atoms with Crippen molar-refractivity contribution < 1.29 is 14.3 Å². The fraction of sp³-hybridized carbons (Fsp3) is 0.240. The van der Waals surface area contributed by atoms with Gasteiger partial charge in [-0.1, -0.05) is 59.6 Å². The summed E-state index contributed by atoms with van der Waals surface area (Å²) in [4.78, 5) is 13.1. The van der Waals surface area contributed by atoms with Gasteiger partial charge in [0.1, 0.15) is 6.04 Å². The van der Waals surface area contributed by atoms with E-state index < -0.39 is 6.04 Å². The van der Waals surface area contributed by atoms with Crippen molar-refractivity contribution in [1.29, 1.82) is 0 Å². The molecule has 1 aliphatic heterocycles. The second-order valence-electron chi connectivity index (χ2n) is 7.54. The Hall–Kier alpha value is -3.02. The molecule has 0 spiro atoms. The Labute approximate surface area is 187 Å². The standard InChI is InChI=1S/C25H25ClN2O3/c1-17-8-10-20(11-9-17)28-25(29)23(19-6-3-2-4-7-19)27-16-18-14-21(26)24-22(15-18)30-12-5-13-31-24/h2-4,6-11,14-15,23,27H,5,12-13,16H2,1H3,(H,28,29)/t23-/m0/s1. The molecule has 31 heavy (non-hydrogen) atoms. The molecule has 0 unspecified atom stereocenters. The molecule has 0 radical (unpaired) electrons. The molecule has 1 aliphatic rings. The molecule has 0 fully saturated rings. The number of ether oxygens (including phenoxy) is 2. The smallest absolute Gasteiger partial charge is 0.246 e.